The van der Waals surface area contributed by atoms with Crippen molar-refractivity contribution >= 4 is 11.7 Å². The maximum Gasteiger partial charge on any atom is 0.242 e. The van der Waals surface area contributed by atoms with Crippen molar-refractivity contribution in [2.24, 2.45) is 5.73 Å². The molecule has 20 heavy (non-hydrogen) atoms. The summed E-state index contributed by atoms with van der Waals surface area (Å²) < 4.78 is 0. The molecule has 1 unspecified atom stereocenters. The molecule has 0 spiro atoms. The third-order valence-corrected chi connectivity index (χ3v) is 3.09. The molecule has 1 aromatic carbocycles. The van der Waals surface area contributed by atoms with Gasteiger partial charge in [-0.3, -0.25) is 4.79 Å². The molecule has 4 heteroatoms. The van der Waals surface area contributed by atoms with Crippen molar-refractivity contribution in [2.45, 2.75) is 25.8 Å². The second-order valence-corrected chi connectivity index (χ2v) is 4.84. The standard InChI is InChI=1S/C16H19N3O/c1-12-7-10-15(18-11-12)19-16(20)14(17)9-8-13-5-3-2-4-6-13/h2-7,10-11,14H,8-9,17H2,1H3,(H,18,19,20). The van der Waals surface area contributed by atoms with Crippen LogP contribution in [0.4, 0.5) is 5.82 Å². The number of hydrogen-bond acceptors (Lipinski definition) is 3. The highest BCUT2D eigenvalue weighted by atomic mass is 16.2. The van der Waals surface area contributed by atoms with Gasteiger partial charge in [-0.2, -0.15) is 0 Å². The van der Waals surface area contributed by atoms with Gasteiger partial charge in [-0.05, 0) is 37.0 Å². The van der Waals surface area contributed by atoms with Gasteiger partial charge in [0.05, 0.1) is 6.04 Å². The summed E-state index contributed by atoms with van der Waals surface area (Å²) in [6.45, 7) is 1.95. The van der Waals surface area contributed by atoms with Crippen LogP contribution in [0.3, 0.4) is 0 Å². The van der Waals surface area contributed by atoms with Gasteiger partial charge in [0.15, 0.2) is 0 Å². The maximum absolute atomic E-state index is 11.9. The van der Waals surface area contributed by atoms with E-state index in [0.29, 0.717) is 12.2 Å². The van der Waals surface area contributed by atoms with Crippen molar-refractivity contribution < 1.29 is 4.79 Å². The summed E-state index contributed by atoms with van der Waals surface area (Å²) in [7, 11) is 0. The topological polar surface area (TPSA) is 68.0 Å². The molecule has 1 amide bonds. The molecule has 1 aromatic heterocycles. The summed E-state index contributed by atoms with van der Waals surface area (Å²) >= 11 is 0. The number of pyridine rings is 1. The second kappa shape index (κ2) is 6.82. The third kappa shape index (κ3) is 4.17. The fourth-order valence-corrected chi connectivity index (χ4v) is 1.86. The lowest BCUT2D eigenvalue weighted by molar-refractivity contribution is -0.117. The molecular weight excluding hydrogens is 250 g/mol. The van der Waals surface area contributed by atoms with Gasteiger partial charge in [0.1, 0.15) is 5.82 Å². The van der Waals surface area contributed by atoms with E-state index in [4.69, 9.17) is 5.73 Å². The van der Waals surface area contributed by atoms with Gasteiger partial charge in [0, 0.05) is 6.20 Å². The molecule has 1 heterocycles. The number of aryl methyl sites for hydroxylation is 2. The Labute approximate surface area is 119 Å². The van der Waals surface area contributed by atoms with Crippen molar-refractivity contribution in [1.82, 2.24) is 4.98 Å². The molecule has 0 aliphatic carbocycles. The predicted molar refractivity (Wildman–Crippen MR) is 80.3 cm³/mol. The number of carbonyl (C=O) groups is 1. The summed E-state index contributed by atoms with van der Waals surface area (Å²) in [4.78, 5) is 16.1. The lowest BCUT2D eigenvalue weighted by Gasteiger charge is -2.11. The van der Waals surface area contributed by atoms with Gasteiger partial charge in [0.2, 0.25) is 5.91 Å². The smallest absolute Gasteiger partial charge is 0.242 e. The molecule has 2 aromatic rings. The molecule has 3 N–H and O–H groups in total. The summed E-state index contributed by atoms with van der Waals surface area (Å²) in [6, 6.07) is 13.2. The number of anilines is 1. The zero-order chi connectivity index (χ0) is 14.4. The monoisotopic (exact) mass is 269 g/mol. The quantitative estimate of drug-likeness (QED) is 0.875. The van der Waals surface area contributed by atoms with E-state index in [0.717, 1.165) is 12.0 Å². The Morgan fingerprint density at radius 3 is 2.65 bits per heavy atom. The van der Waals surface area contributed by atoms with Gasteiger partial charge in [-0.1, -0.05) is 36.4 Å². The molecule has 0 bridgehead atoms. The molecule has 0 aliphatic heterocycles. The fourth-order valence-electron chi connectivity index (χ4n) is 1.86. The largest absolute Gasteiger partial charge is 0.320 e. The first-order valence-corrected chi connectivity index (χ1v) is 6.68. The minimum Gasteiger partial charge on any atom is -0.320 e. The van der Waals surface area contributed by atoms with Crippen LogP contribution in [0.2, 0.25) is 0 Å². The van der Waals surface area contributed by atoms with E-state index >= 15 is 0 Å². The SMILES string of the molecule is Cc1ccc(NC(=O)C(N)CCc2ccccc2)nc1. The molecule has 0 aliphatic rings. The molecule has 0 fully saturated rings. The molecule has 0 radical (unpaired) electrons. The third-order valence-electron chi connectivity index (χ3n) is 3.09. The first kappa shape index (κ1) is 14.2. The van der Waals surface area contributed by atoms with Gasteiger partial charge < -0.3 is 11.1 Å². The first-order chi connectivity index (χ1) is 9.65. The van der Waals surface area contributed by atoms with Crippen LogP contribution in [-0.2, 0) is 11.2 Å². The van der Waals surface area contributed by atoms with Crippen LogP contribution in [0.15, 0.2) is 48.7 Å². The van der Waals surface area contributed by atoms with Crippen LogP contribution in [0.25, 0.3) is 0 Å². The Morgan fingerprint density at radius 2 is 2.00 bits per heavy atom. The van der Waals surface area contributed by atoms with Crippen molar-refractivity contribution in [3.63, 3.8) is 0 Å². The van der Waals surface area contributed by atoms with Crippen LogP contribution >= 0.6 is 0 Å². The van der Waals surface area contributed by atoms with Gasteiger partial charge in [-0.25, -0.2) is 4.98 Å². The number of aromatic nitrogens is 1. The molecule has 2 rings (SSSR count). The van der Waals surface area contributed by atoms with E-state index in [2.05, 4.69) is 10.3 Å². The van der Waals surface area contributed by atoms with E-state index in [9.17, 15) is 4.79 Å². The number of nitrogens with zero attached hydrogens (tertiary/aromatic N) is 1. The van der Waals surface area contributed by atoms with Crippen molar-refractivity contribution in [3.8, 4) is 0 Å². The van der Waals surface area contributed by atoms with E-state index in [-0.39, 0.29) is 5.91 Å². The predicted octanol–water partition coefficient (Wildman–Crippen LogP) is 2.29. The molecule has 1 atom stereocenters. The summed E-state index contributed by atoms with van der Waals surface area (Å²) in [6.07, 6.45) is 3.11. The molecule has 0 saturated carbocycles. The fraction of sp³-hybridized carbons (Fsp3) is 0.250. The van der Waals surface area contributed by atoms with E-state index in [1.807, 2.05) is 43.3 Å². The number of carbonyl (C=O) groups excluding carboxylic acids is 1. The minimum atomic E-state index is -0.529. The Morgan fingerprint density at radius 1 is 1.25 bits per heavy atom. The Bertz CT molecular complexity index is 552. The molecule has 104 valence electrons. The Kier molecular flexibility index (Phi) is 4.85. The van der Waals surface area contributed by atoms with E-state index < -0.39 is 6.04 Å². The zero-order valence-corrected chi connectivity index (χ0v) is 11.5. The molecular formula is C16H19N3O. The Balaban J connectivity index is 1.84. The van der Waals surface area contributed by atoms with Crippen LogP contribution in [-0.4, -0.2) is 16.9 Å². The lowest BCUT2D eigenvalue weighted by Crippen LogP contribution is -2.36. The average molecular weight is 269 g/mol. The van der Waals surface area contributed by atoms with Crippen LogP contribution in [0.1, 0.15) is 17.5 Å². The average Bonchev–Trinajstić information content (AvgIpc) is 2.48. The van der Waals surface area contributed by atoms with Crippen molar-refractivity contribution in [2.75, 3.05) is 5.32 Å². The van der Waals surface area contributed by atoms with Crippen LogP contribution in [0, 0.1) is 6.92 Å². The number of nitrogens with one attached hydrogen (secondary N) is 1. The second-order valence-electron chi connectivity index (χ2n) is 4.84. The molecule has 4 nitrogen and oxygen atoms in total. The first-order valence-electron chi connectivity index (χ1n) is 6.68. The minimum absolute atomic E-state index is 0.197. The van der Waals surface area contributed by atoms with E-state index in [1.165, 1.54) is 5.56 Å². The van der Waals surface area contributed by atoms with Crippen LogP contribution in [0.5, 0.6) is 0 Å². The highest BCUT2D eigenvalue weighted by Gasteiger charge is 2.13. The van der Waals surface area contributed by atoms with Gasteiger partial charge >= 0.3 is 0 Å². The summed E-state index contributed by atoms with van der Waals surface area (Å²) in [5, 5.41) is 2.73. The number of nitrogens with two attached hydrogens (primary N) is 1. The van der Waals surface area contributed by atoms with E-state index in [1.54, 1.807) is 12.3 Å². The van der Waals surface area contributed by atoms with Crippen molar-refractivity contribution in [3.05, 3.63) is 59.8 Å². The summed E-state index contributed by atoms with van der Waals surface area (Å²) in [5.41, 5.74) is 8.14. The van der Waals surface area contributed by atoms with Crippen molar-refractivity contribution in [1.29, 1.82) is 0 Å². The highest BCUT2D eigenvalue weighted by molar-refractivity contribution is 5.93. The normalized spacial score (nSPS) is 11.9. The Hall–Kier alpha value is -2.20. The number of benzene rings is 1. The number of rotatable bonds is 5. The molecule has 0 saturated heterocycles. The maximum atomic E-state index is 11.9. The lowest BCUT2D eigenvalue weighted by atomic mass is 10.1. The number of hydrogen-bond donors (Lipinski definition) is 2. The summed E-state index contributed by atoms with van der Waals surface area (Å²) in [5.74, 6) is 0.341. The number of amides is 1. The van der Waals surface area contributed by atoms with Gasteiger partial charge in [0.25, 0.3) is 0 Å². The highest BCUT2D eigenvalue weighted by Crippen LogP contribution is 2.07. The van der Waals surface area contributed by atoms with Crippen LogP contribution < -0.4 is 11.1 Å². The zero-order valence-electron chi connectivity index (χ0n) is 11.5. The van der Waals surface area contributed by atoms with Gasteiger partial charge in [-0.15, -0.1) is 0 Å².